The van der Waals surface area contributed by atoms with Crippen molar-refractivity contribution in [3.63, 3.8) is 0 Å². The molecular weight excluding hydrogens is 194 g/mol. The molecule has 0 aliphatic carbocycles. The summed E-state index contributed by atoms with van der Waals surface area (Å²) >= 11 is 0. The van der Waals surface area contributed by atoms with E-state index in [4.69, 9.17) is 5.73 Å². The van der Waals surface area contributed by atoms with Gasteiger partial charge in [0.1, 0.15) is 0 Å². The van der Waals surface area contributed by atoms with Gasteiger partial charge >= 0.3 is 0 Å². The molecule has 0 aliphatic rings. The van der Waals surface area contributed by atoms with Gasteiger partial charge < -0.3 is 5.73 Å². The van der Waals surface area contributed by atoms with Gasteiger partial charge in [0.25, 0.3) is 5.91 Å². The third-order valence-electron chi connectivity index (χ3n) is 1.90. The van der Waals surface area contributed by atoms with Gasteiger partial charge in [0, 0.05) is 5.92 Å². The van der Waals surface area contributed by atoms with Crippen LogP contribution in [-0.2, 0) is 9.59 Å². The van der Waals surface area contributed by atoms with E-state index in [1.165, 1.54) is 0 Å². The lowest BCUT2D eigenvalue weighted by molar-refractivity contribution is -0.131. The monoisotopic (exact) mass is 215 g/mol. The van der Waals surface area contributed by atoms with Crippen molar-refractivity contribution in [3.05, 3.63) is 0 Å². The highest BCUT2D eigenvalue weighted by Crippen LogP contribution is 2.01. The Labute approximate surface area is 90.8 Å². The van der Waals surface area contributed by atoms with Crippen molar-refractivity contribution >= 4 is 11.8 Å². The molecule has 0 radical (unpaired) electrons. The summed E-state index contributed by atoms with van der Waals surface area (Å²) in [5, 5.41) is 0. The van der Waals surface area contributed by atoms with Crippen LogP contribution in [0.1, 0.15) is 34.1 Å². The molecule has 0 spiro atoms. The average molecular weight is 215 g/mol. The summed E-state index contributed by atoms with van der Waals surface area (Å²) in [6.07, 6.45) is 0.601. The zero-order valence-electron chi connectivity index (χ0n) is 9.83. The van der Waals surface area contributed by atoms with Crippen LogP contribution >= 0.6 is 0 Å². The Balaban J connectivity index is 3.88. The van der Waals surface area contributed by atoms with Crippen LogP contribution in [0.5, 0.6) is 0 Å². The van der Waals surface area contributed by atoms with Crippen LogP contribution in [0.25, 0.3) is 0 Å². The molecule has 15 heavy (non-hydrogen) atoms. The molecule has 4 N–H and O–H groups in total. The number of nitrogens with two attached hydrogens (primary N) is 1. The lowest BCUT2D eigenvalue weighted by Crippen LogP contribution is -2.50. The second kappa shape index (κ2) is 6.40. The Morgan fingerprint density at radius 3 is 1.93 bits per heavy atom. The molecule has 0 aromatic rings. The summed E-state index contributed by atoms with van der Waals surface area (Å²) in [4.78, 5) is 22.5. The van der Waals surface area contributed by atoms with E-state index in [9.17, 15) is 9.59 Å². The maximum absolute atomic E-state index is 11.4. The van der Waals surface area contributed by atoms with Gasteiger partial charge in [0.15, 0.2) is 0 Å². The number of rotatable bonds is 4. The molecule has 0 aliphatic heterocycles. The van der Waals surface area contributed by atoms with Crippen LogP contribution < -0.4 is 16.6 Å². The Morgan fingerprint density at radius 2 is 1.53 bits per heavy atom. The number of hydrazine groups is 1. The Kier molecular flexibility index (Phi) is 5.93. The highest BCUT2D eigenvalue weighted by atomic mass is 16.2. The standard InChI is InChI=1S/C10H21N3O2/c1-6(2)5-8(11)10(15)13-12-9(14)7(3)4/h6-8H,5,11H2,1-4H3,(H,12,14)(H,13,15). The van der Waals surface area contributed by atoms with Gasteiger partial charge in [-0.2, -0.15) is 0 Å². The maximum atomic E-state index is 11.4. The second-order valence-corrected chi connectivity index (χ2v) is 4.37. The maximum Gasteiger partial charge on any atom is 0.255 e. The predicted octanol–water partition coefficient (Wildman–Crippen LogP) is 0.163. The molecule has 0 fully saturated rings. The van der Waals surface area contributed by atoms with Crippen LogP contribution in [0.3, 0.4) is 0 Å². The molecule has 0 bridgehead atoms. The van der Waals surface area contributed by atoms with E-state index in [0.29, 0.717) is 12.3 Å². The third kappa shape index (κ3) is 6.06. The van der Waals surface area contributed by atoms with Crippen molar-refractivity contribution in [3.8, 4) is 0 Å². The van der Waals surface area contributed by atoms with E-state index in [2.05, 4.69) is 10.9 Å². The predicted molar refractivity (Wildman–Crippen MR) is 58.6 cm³/mol. The molecule has 0 aromatic heterocycles. The third-order valence-corrected chi connectivity index (χ3v) is 1.90. The molecule has 0 aromatic carbocycles. The van der Waals surface area contributed by atoms with Gasteiger partial charge in [0.05, 0.1) is 6.04 Å². The zero-order valence-corrected chi connectivity index (χ0v) is 9.83. The molecule has 1 unspecified atom stereocenters. The Hall–Kier alpha value is -1.10. The van der Waals surface area contributed by atoms with Gasteiger partial charge in [0.2, 0.25) is 5.91 Å². The summed E-state index contributed by atoms with van der Waals surface area (Å²) in [7, 11) is 0. The fourth-order valence-electron chi connectivity index (χ4n) is 0.975. The quantitative estimate of drug-likeness (QED) is 0.584. The second-order valence-electron chi connectivity index (χ2n) is 4.37. The van der Waals surface area contributed by atoms with Crippen LogP contribution in [0.4, 0.5) is 0 Å². The van der Waals surface area contributed by atoms with Crippen molar-refractivity contribution < 1.29 is 9.59 Å². The van der Waals surface area contributed by atoms with Crippen LogP contribution in [0.2, 0.25) is 0 Å². The summed E-state index contributed by atoms with van der Waals surface area (Å²) in [6.45, 7) is 7.46. The zero-order chi connectivity index (χ0) is 12.0. The largest absolute Gasteiger partial charge is 0.320 e. The highest BCUT2D eigenvalue weighted by Gasteiger charge is 2.15. The van der Waals surface area contributed by atoms with Crippen molar-refractivity contribution in [1.82, 2.24) is 10.9 Å². The van der Waals surface area contributed by atoms with E-state index in [0.717, 1.165) is 0 Å². The van der Waals surface area contributed by atoms with Gasteiger partial charge in [-0.25, -0.2) is 0 Å². The van der Waals surface area contributed by atoms with Crippen LogP contribution in [0.15, 0.2) is 0 Å². The molecule has 1 atom stereocenters. The van der Waals surface area contributed by atoms with Gasteiger partial charge in [-0.05, 0) is 12.3 Å². The van der Waals surface area contributed by atoms with Crippen molar-refractivity contribution in [2.45, 2.75) is 40.2 Å². The summed E-state index contributed by atoms with van der Waals surface area (Å²) in [5.74, 6) is -0.379. The minimum absolute atomic E-state index is 0.161. The number of carbonyl (C=O) groups is 2. The Morgan fingerprint density at radius 1 is 1.07 bits per heavy atom. The first-order valence-corrected chi connectivity index (χ1v) is 5.19. The minimum Gasteiger partial charge on any atom is -0.320 e. The molecule has 2 amide bonds. The first-order valence-electron chi connectivity index (χ1n) is 5.19. The molecule has 0 rings (SSSR count). The van der Waals surface area contributed by atoms with Crippen LogP contribution in [0, 0.1) is 11.8 Å². The van der Waals surface area contributed by atoms with E-state index in [1.54, 1.807) is 13.8 Å². The normalized spacial score (nSPS) is 12.7. The average Bonchev–Trinajstić information content (AvgIpc) is 2.12. The molecule has 0 heterocycles. The number of hydrogen-bond acceptors (Lipinski definition) is 3. The van der Waals surface area contributed by atoms with Crippen molar-refractivity contribution in [2.75, 3.05) is 0 Å². The number of amides is 2. The smallest absolute Gasteiger partial charge is 0.255 e. The highest BCUT2D eigenvalue weighted by molar-refractivity contribution is 5.85. The molecule has 5 nitrogen and oxygen atoms in total. The SMILES string of the molecule is CC(C)CC(N)C(=O)NNC(=O)C(C)C. The number of carbonyl (C=O) groups excluding carboxylic acids is 2. The first kappa shape index (κ1) is 13.9. The molecule has 0 saturated heterocycles. The fourth-order valence-corrected chi connectivity index (χ4v) is 0.975. The van der Waals surface area contributed by atoms with E-state index < -0.39 is 6.04 Å². The number of nitrogens with one attached hydrogen (secondary N) is 2. The first-order chi connectivity index (χ1) is 6.84. The van der Waals surface area contributed by atoms with Gasteiger partial charge in [-0.3, -0.25) is 20.4 Å². The van der Waals surface area contributed by atoms with Crippen molar-refractivity contribution in [1.29, 1.82) is 0 Å². The van der Waals surface area contributed by atoms with Crippen molar-refractivity contribution in [2.24, 2.45) is 17.6 Å². The van der Waals surface area contributed by atoms with Gasteiger partial charge in [-0.15, -0.1) is 0 Å². The lowest BCUT2D eigenvalue weighted by atomic mass is 10.0. The summed E-state index contributed by atoms with van der Waals surface area (Å²) in [5.41, 5.74) is 10.2. The molecule has 0 saturated carbocycles. The van der Waals surface area contributed by atoms with E-state index in [1.807, 2.05) is 13.8 Å². The Bertz CT molecular complexity index is 227. The number of hydrogen-bond donors (Lipinski definition) is 3. The topological polar surface area (TPSA) is 84.2 Å². The summed E-state index contributed by atoms with van der Waals surface area (Å²) in [6, 6.07) is -0.572. The van der Waals surface area contributed by atoms with Gasteiger partial charge in [-0.1, -0.05) is 27.7 Å². The summed E-state index contributed by atoms with van der Waals surface area (Å²) < 4.78 is 0. The fraction of sp³-hybridized carbons (Fsp3) is 0.800. The van der Waals surface area contributed by atoms with Crippen LogP contribution in [-0.4, -0.2) is 17.9 Å². The lowest BCUT2D eigenvalue weighted by Gasteiger charge is -2.15. The molecular formula is C10H21N3O2. The van der Waals surface area contributed by atoms with E-state index >= 15 is 0 Å². The molecule has 88 valence electrons. The van der Waals surface area contributed by atoms with E-state index in [-0.39, 0.29) is 17.7 Å². The molecule has 5 heteroatoms. The minimum atomic E-state index is -0.572.